The number of phenols is 1. The van der Waals surface area contributed by atoms with Gasteiger partial charge in [0.1, 0.15) is 17.1 Å². The van der Waals surface area contributed by atoms with Crippen molar-refractivity contribution in [2.45, 2.75) is 12.7 Å². The number of carbonyl (C=O) groups excluding carboxylic acids is 1. The summed E-state index contributed by atoms with van der Waals surface area (Å²) >= 11 is 5.91. The first-order chi connectivity index (χ1) is 16.7. The molecule has 0 bridgehead atoms. The molecule has 3 heterocycles. The Bertz CT molecular complexity index is 1540. The van der Waals surface area contributed by atoms with Gasteiger partial charge >= 0.3 is 6.18 Å². The first-order valence-corrected chi connectivity index (χ1v) is 10.7. The molecule has 3 aromatic heterocycles. The lowest BCUT2D eigenvalue weighted by Crippen LogP contribution is -2.18. The number of nitrogens with zero attached hydrogens (tertiary/aromatic N) is 3. The number of alkyl halides is 3. The fourth-order valence-electron chi connectivity index (χ4n) is 3.92. The van der Waals surface area contributed by atoms with Gasteiger partial charge in [0.15, 0.2) is 5.76 Å². The maximum atomic E-state index is 14.4. The standard InChI is InChI=1S/C25H15ClF3N3O3/c26-15-6-4-14(5-7-15)13-32-19-9-8-16(33)11-17(19)21(23(32)25(27,28)29)22(34)24-31-12-20(35-24)18-3-1-2-10-30-18/h1-12,33H,13H2. The van der Waals surface area contributed by atoms with Crippen molar-refractivity contribution in [3.05, 3.63) is 101 Å². The van der Waals surface area contributed by atoms with Crippen molar-refractivity contribution >= 4 is 28.3 Å². The van der Waals surface area contributed by atoms with Gasteiger partial charge in [-0.1, -0.05) is 29.8 Å². The van der Waals surface area contributed by atoms with Gasteiger partial charge in [0.05, 0.1) is 11.8 Å². The summed E-state index contributed by atoms with van der Waals surface area (Å²) in [4.78, 5) is 21.4. The summed E-state index contributed by atoms with van der Waals surface area (Å²) in [6, 6.07) is 15.1. The molecule has 6 nitrogen and oxygen atoms in total. The van der Waals surface area contributed by atoms with Crippen LogP contribution in [0.2, 0.25) is 5.02 Å². The number of aromatic hydroxyl groups is 1. The lowest BCUT2D eigenvalue weighted by atomic mass is 10.1. The summed E-state index contributed by atoms with van der Waals surface area (Å²) in [5.74, 6) is -1.74. The molecule has 0 fully saturated rings. The monoisotopic (exact) mass is 497 g/mol. The van der Waals surface area contributed by atoms with Gasteiger partial charge in [-0.05, 0) is 48.0 Å². The fraction of sp³-hybridized carbons (Fsp3) is 0.0800. The van der Waals surface area contributed by atoms with E-state index in [1.165, 1.54) is 24.5 Å². The second-order valence-electron chi connectivity index (χ2n) is 7.71. The summed E-state index contributed by atoms with van der Waals surface area (Å²) in [6.45, 7) is -0.189. The van der Waals surface area contributed by atoms with Gasteiger partial charge in [0.2, 0.25) is 0 Å². The summed E-state index contributed by atoms with van der Waals surface area (Å²) in [5.41, 5.74) is -0.803. The highest BCUT2D eigenvalue weighted by atomic mass is 35.5. The van der Waals surface area contributed by atoms with Crippen LogP contribution in [0.25, 0.3) is 22.4 Å². The van der Waals surface area contributed by atoms with E-state index in [4.69, 9.17) is 16.0 Å². The largest absolute Gasteiger partial charge is 0.508 e. The van der Waals surface area contributed by atoms with E-state index in [2.05, 4.69) is 9.97 Å². The van der Waals surface area contributed by atoms with E-state index in [1.54, 1.807) is 42.5 Å². The normalized spacial score (nSPS) is 11.8. The van der Waals surface area contributed by atoms with Crippen molar-refractivity contribution in [2.24, 2.45) is 0 Å². The van der Waals surface area contributed by atoms with Crippen LogP contribution < -0.4 is 0 Å². The average Bonchev–Trinajstić information content (AvgIpc) is 3.44. The number of hydrogen-bond donors (Lipinski definition) is 1. The van der Waals surface area contributed by atoms with Crippen LogP contribution >= 0.6 is 11.6 Å². The minimum absolute atomic E-state index is 0.0751. The molecule has 0 aliphatic carbocycles. The summed E-state index contributed by atoms with van der Waals surface area (Å²) in [6.07, 6.45) is -2.16. The molecule has 0 unspecified atom stereocenters. The summed E-state index contributed by atoms with van der Waals surface area (Å²) in [7, 11) is 0. The molecule has 0 saturated carbocycles. The second kappa shape index (κ2) is 8.59. The minimum atomic E-state index is -4.90. The molecule has 0 aliphatic rings. The Hall–Kier alpha value is -4.11. The van der Waals surface area contributed by atoms with Crippen LogP contribution in [-0.4, -0.2) is 25.4 Å². The number of hydrogen-bond acceptors (Lipinski definition) is 5. The molecule has 176 valence electrons. The number of aromatic nitrogens is 3. The molecule has 5 aromatic rings. The van der Waals surface area contributed by atoms with Crippen molar-refractivity contribution < 1.29 is 27.5 Å². The number of fused-ring (bicyclic) bond motifs is 1. The smallest absolute Gasteiger partial charge is 0.432 e. The first-order valence-electron chi connectivity index (χ1n) is 10.3. The van der Waals surface area contributed by atoms with Gasteiger partial charge in [-0.15, -0.1) is 0 Å². The number of phenolic OH excluding ortho intramolecular Hbond substituents is 1. The van der Waals surface area contributed by atoms with Crippen LogP contribution in [0.5, 0.6) is 5.75 Å². The number of rotatable bonds is 5. The number of pyridine rings is 1. The van der Waals surface area contributed by atoms with Gasteiger partial charge in [0.25, 0.3) is 11.7 Å². The summed E-state index contributed by atoms with van der Waals surface area (Å²) in [5, 5.41) is 10.4. The fourth-order valence-corrected chi connectivity index (χ4v) is 4.04. The highest BCUT2D eigenvalue weighted by molar-refractivity contribution is 6.30. The Labute approximate surface area is 201 Å². The SMILES string of the molecule is O=C(c1ncc(-c2ccccn2)o1)c1c(C(F)(F)F)n(Cc2ccc(Cl)cc2)c2ccc(O)cc12. The number of oxazole rings is 1. The molecule has 0 radical (unpaired) electrons. The van der Waals surface area contributed by atoms with Crippen LogP contribution in [0.1, 0.15) is 27.5 Å². The molecule has 35 heavy (non-hydrogen) atoms. The van der Waals surface area contributed by atoms with Gasteiger partial charge < -0.3 is 14.1 Å². The van der Waals surface area contributed by atoms with Crippen molar-refractivity contribution in [1.29, 1.82) is 0 Å². The zero-order valence-electron chi connectivity index (χ0n) is 17.8. The quantitative estimate of drug-likeness (QED) is 0.286. The zero-order chi connectivity index (χ0) is 24.7. The van der Waals surface area contributed by atoms with Gasteiger partial charge in [0, 0.05) is 28.7 Å². The summed E-state index contributed by atoms with van der Waals surface area (Å²) < 4.78 is 49.8. The maximum Gasteiger partial charge on any atom is 0.432 e. The molecule has 1 N–H and O–H groups in total. The Kier molecular flexibility index (Phi) is 5.56. The lowest BCUT2D eigenvalue weighted by Gasteiger charge is -2.14. The van der Waals surface area contributed by atoms with E-state index in [9.17, 15) is 23.1 Å². The lowest BCUT2D eigenvalue weighted by molar-refractivity contribution is -0.143. The number of halogens is 4. The van der Waals surface area contributed by atoms with Crippen LogP contribution in [0.15, 0.2) is 77.5 Å². The van der Waals surface area contributed by atoms with Crippen molar-refractivity contribution in [3.63, 3.8) is 0 Å². The van der Waals surface area contributed by atoms with Crippen LogP contribution in [-0.2, 0) is 12.7 Å². The molecule has 5 rings (SSSR count). The van der Waals surface area contributed by atoms with E-state index >= 15 is 0 Å². The molecule has 0 amide bonds. The third-order valence-electron chi connectivity index (χ3n) is 5.41. The topological polar surface area (TPSA) is 81.2 Å². The zero-order valence-corrected chi connectivity index (χ0v) is 18.5. The number of benzene rings is 2. The van der Waals surface area contributed by atoms with Gasteiger partial charge in [-0.3, -0.25) is 9.78 Å². The maximum absolute atomic E-state index is 14.4. The Morgan fingerprint density at radius 2 is 1.83 bits per heavy atom. The molecule has 0 aliphatic heterocycles. The van der Waals surface area contributed by atoms with E-state index in [0.717, 1.165) is 10.6 Å². The minimum Gasteiger partial charge on any atom is -0.508 e. The predicted octanol–water partition coefficient (Wildman–Crippen LogP) is 6.35. The molecule has 0 saturated heterocycles. The second-order valence-corrected chi connectivity index (χ2v) is 8.15. The number of ketones is 1. The molecule has 0 spiro atoms. The third kappa shape index (κ3) is 4.26. The predicted molar refractivity (Wildman–Crippen MR) is 122 cm³/mol. The van der Waals surface area contributed by atoms with Crippen LogP contribution in [0.3, 0.4) is 0 Å². The third-order valence-corrected chi connectivity index (χ3v) is 5.67. The Balaban J connectivity index is 1.70. The van der Waals surface area contributed by atoms with Gasteiger partial charge in [-0.2, -0.15) is 13.2 Å². The highest BCUT2D eigenvalue weighted by Gasteiger charge is 2.42. The Morgan fingerprint density at radius 3 is 2.51 bits per heavy atom. The van der Waals surface area contributed by atoms with Crippen molar-refractivity contribution in [1.82, 2.24) is 14.5 Å². The molecule has 10 heteroatoms. The van der Waals surface area contributed by atoms with Crippen molar-refractivity contribution in [2.75, 3.05) is 0 Å². The van der Waals surface area contributed by atoms with Crippen LogP contribution in [0.4, 0.5) is 13.2 Å². The van der Waals surface area contributed by atoms with E-state index in [0.29, 0.717) is 16.3 Å². The van der Waals surface area contributed by atoms with Gasteiger partial charge in [-0.25, -0.2) is 4.98 Å². The number of carbonyl (C=O) groups is 1. The van der Waals surface area contributed by atoms with E-state index in [-0.39, 0.29) is 29.0 Å². The van der Waals surface area contributed by atoms with E-state index < -0.39 is 29.1 Å². The Morgan fingerprint density at radius 1 is 1.06 bits per heavy atom. The molecular formula is C25H15ClF3N3O3. The molecular weight excluding hydrogens is 483 g/mol. The van der Waals surface area contributed by atoms with E-state index in [1.807, 2.05) is 0 Å². The van der Waals surface area contributed by atoms with Crippen molar-refractivity contribution in [3.8, 4) is 17.2 Å². The average molecular weight is 498 g/mol. The van der Waals surface area contributed by atoms with Crippen LogP contribution in [0, 0.1) is 0 Å². The highest BCUT2D eigenvalue weighted by Crippen LogP contribution is 2.41. The molecule has 0 atom stereocenters. The first kappa shape index (κ1) is 22.7. The molecule has 2 aromatic carbocycles.